The molecule has 0 bridgehead atoms. The number of hydrogen-bond acceptors (Lipinski definition) is 4. The van der Waals surface area contributed by atoms with E-state index in [1.807, 2.05) is 36.4 Å². The second-order valence-corrected chi connectivity index (χ2v) is 6.17. The largest absolute Gasteiger partial charge is 0.357 e. The molecule has 24 heavy (non-hydrogen) atoms. The van der Waals surface area contributed by atoms with Crippen LogP contribution >= 0.6 is 35.7 Å². The van der Waals surface area contributed by atoms with Crippen molar-refractivity contribution in [3.63, 3.8) is 0 Å². The number of aryl methyl sites for hydroxylation is 1. The van der Waals surface area contributed by atoms with E-state index in [0.29, 0.717) is 6.54 Å². The van der Waals surface area contributed by atoms with E-state index in [9.17, 15) is 0 Å². The van der Waals surface area contributed by atoms with Gasteiger partial charge in [-0.2, -0.15) is 0 Å². The number of guanidine groups is 1. The van der Waals surface area contributed by atoms with Gasteiger partial charge in [0.05, 0.1) is 0 Å². The summed E-state index contributed by atoms with van der Waals surface area (Å²) in [5.41, 5.74) is 0. The van der Waals surface area contributed by atoms with Crippen molar-refractivity contribution in [1.29, 1.82) is 0 Å². The minimum Gasteiger partial charge on any atom is -0.357 e. The van der Waals surface area contributed by atoms with E-state index in [2.05, 4.69) is 57.0 Å². The molecule has 8 heteroatoms. The van der Waals surface area contributed by atoms with Gasteiger partial charge in [-0.05, 0) is 26.0 Å². The SMILES string of the molecule is CCNC(=NCc1nnc(C)n1C)NCCSc1ccccc1.I. The Kier molecular flexibility index (Phi) is 9.77. The third kappa shape index (κ3) is 6.68. The van der Waals surface area contributed by atoms with Crippen molar-refractivity contribution >= 4 is 41.7 Å². The Labute approximate surface area is 164 Å². The van der Waals surface area contributed by atoms with Crippen LogP contribution in [0.1, 0.15) is 18.6 Å². The zero-order chi connectivity index (χ0) is 16.5. The summed E-state index contributed by atoms with van der Waals surface area (Å²) in [4.78, 5) is 5.85. The van der Waals surface area contributed by atoms with Crippen LogP contribution in [-0.4, -0.2) is 39.6 Å². The first-order valence-corrected chi connectivity index (χ1v) is 8.74. The van der Waals surface area contributed by atoms with Crippen LogP contribution in [0, 0.1) is 6.92 Å². The fourth-order valence-corrected chi connectivity index (χ4v) is 2.72. The highest BCUT2D eigenvalue weighted by molar-refractivity contribution is 14.0. The molecular formula is C16H25IN6S. The van der Waals surface area contributed by atoms with Gasteiger partial charge < -0.3 is 15.2 Å². The Morgan fingerprint density at radius 1 is 1.21 bits per heavy atom. The normalized spacial score (nSPS) is 11.0. The number of benzene rings is 1. The first kappa shape index (κ1) is 20.8. The Morgan fingerprint density at radius 2 is 1.96 bits per heavy atom. The van der Waals surface area contributed by atoms with Crippen molar-refractivity contribution < 1.29 is 0 Å². The quantitative estimate of drug-likeness (QED) is 0.219. The van der Waals surface area contributed by atoms with Crippen LogP contribution in [0.3, 0.4) is 0 Å². The minimum atomic E-state index is 0. The molecule has 0 aliphatic carbocycles. The molecule has 0 unspecified atom stereocenters. The molecule has 132 valence electrons. The lowest BCUT2D eigenvalue weighted by molar-refractivity contribution is 0.760. The van der Waals surface area contributed by atoms with Gasteiger partial charge in [0, 0.05) is 30.8 Å². The molecule has 0 amide bonds. The molecule has 1 aromatic heterocycles. The number of hydrogen-bond donors (Lipinski definition) is 2. The van der Waals surface area contributed by atoms with Crippen LogP contribution in [0.4, 0.5) is 0 Å². The molecule has 1 heterocycles. The summed E-state index contributed by atoms with van der Waals surface area (Å²) >= 11 is 1.83. The maximum Gasteiger partial charge on any atom is 0.191 e. The van der Waals surface area contributed by atoms with E-state index in [4.69, 9.17) is 0 Å². The lowest BCUT2D eigenvalue weighted by Crippen LogP contribution is -2.38. The van der Waals surface area contributed by atoms with Gasteiger partial charge in [-0.1, -0.05) is 18.2 Å². The molecule has 1 aromatic carbocycles. The Hall–Kier alpha value is -1.29. The van der Waals surface area contributed by atoms with Gasteiger partial charge in [0.1, 0.15) is 12.4 Å². The van der Waals surface area contributed by atoms with Crippen LogP contribution in [0.25, 0.3) is 0 Å². The Balaban J connectivity index is 0.00000288. The summed E-state index contributed by atoms with van der Waals surface area (Å²) in [7, 11) is 1.96. The summed E-state index contributed by atoms with van der Waals surface area (Å²) in [5.74, 6) is 3.55. The number of aliphatic imine (C=N–C) groups is 1. The molecule has 2 rings (SSSR count). The topological polar surface area (TPSA) is 67.1 Å². The number of nitrogens with zero attached hydrogens (tertiary/aromatic N) is 4. The van der Waals surface area contributed by atoms with E-state index >= 15 is 0 Å². The van der Waals surface area contributed by atoms with Gasteiger partial charge in [-0.15, -0.1) is 45.9 Å². The van der Waals surface area contributed by atoms with Crippen LogP contribution in [0.5, 0.6) is 0 Å². The summed E-state index contributed by atoms with van der Waals surface area (Å²) in [6, 6.07) is 10.4. The van der Waals surface area contributed by atoms with E-state index < -0.39 is 0 Å². The van der Waals surface area contributed by atoms with E-state index in [1.54, 1.807) is 0 Å². The van der Waals surface area contributed by atoms with Gasteiger partial charge in [0.15, 0.2) is 11.8 Å². The standard InChI is InChI=1S/C16H24N6S.HI/c1-4-17-16(19-12-15-21-20-13(2)22(15)3)18-10-11-23-14-8-6-5-7-9-14;/h5-9H,4,10-12H2,1-3H3,(H2,17,18,19);1H. The molecule has 6 nitrogen and oxygen atoms in total. The van der Waals surface area contributed by atoms with Crippen molar-refractivity contribution in [2.75, 3.05) is 18.8 Å². The molecule has 0 spiro atoms. The van der Waals surface area contributed by atoms with Crippen LogP contribution in [-0.2, 0) is 13.6 Å². The Bertz CT molecular complexity index is 629. The number of halogens is 1. The fraction of sp³-hybridized carbons (Fsp3) is 0.438. The first-order valence-electron chi connectivity index (χ1n) is 7.75. The molecule has 0 radical (unpaired) electrons. The zero-order valence-electron chi connectivity index (χ0n) is 14.3. The third-order valence-corrected chi connectivity index (χ3v) is 4.33. The molecule has 2 aromatic rings. The molecular weight excluding hydrogens is 435 g/mol. The molecule has 0 saturated carbocycles. The van der Waals surface area contributed by atoms with Crippen LogP contribution in [0.15, 0.2) is 40.2 Å². The van der Waals surface area contributed by atoms with E-state index in [1.165, 1.54) is 4.90 Å². The maximum atomic E-state index is 4.56. The fourth-order valence-electron chi connectivity index (χ4n) is 1.94. The summed E-state index contributed by atoms with van der Waals surface area (Å²) in [5, 5.41) is 14.8. The molecule has 0 aliphatic rings. The molecule has 0 fully saturated rings. The second kappa shape index (κ2) is 11.3. The lowest BCUT2D eigenvalue weighted by Gasteiger charge is -2.11. The highest BCUT2D eigenvalue weighted by Crippen LogP contribution is 2.15. The van der Waals surface area contributed by atoms with Gasteiger partial charge >= 0.3 is 0 Å². The van der Waals surface area contributed by atoms with Gasteiger partial charge in [0.2, 0.25) is 0 Å². The molecule has 0 atom stereocenters. The first-order chi connectivity index (χ1) is 11.2. The maximum absolute atomic E-state index is 4.56. The molecule has 2 N–H and O–H groups in total. The number of aromatic nitrogens is 3. The summed E-state index contributed by atoms with van der Waals surface area (Å²) in [6.45, 7) is 6.18. The van der Waals surface area contributed by atoms with Crippen LogP contribution < -0.4 is 10.6 Å². The average Bonchev–Trinajstić information content (AvgIpc) is 2.89. The van der Waals surface area contributed by atoms with Crippen LogP contribution in [0.2, 0.25) is 0 Å². The van der Waals surface area contributed by atoms with Gasteiger partial charge in [-0.3, -0.25) is 0 Å². The average molecular weight is 460 g/mol. The Morgan fingerprint density at radius 3 is 2.58 bits per heavy atom. The summed E-state index contributed by atoms with van der Waals surface area (Å²) < 4.78 is 1.96. The van der Waals surface area contributed by atoms with Gasteiger partial charge in [-0.25, -0.2) is 4.99 Å². The van der Waals surface area contributed by atoms with Crippen molar-refractivity contribution in [3.05, 3.63) is 42.0 Å². The molecule has 0 saturated heterocycles. The second-order valence-electron chi connectivity index (χ2n) is 5.01. The monoisotopic (exact) mass is 460 g/mol. The smallest absolute Gasteiger partial charge is 0.191 e. The number of thioether (sulfide) groups is 1. The third-order valence-electron chi connectivity index (χ3n) is 3.31. The van der Waals surface area contributed by atoms with E-state index in [-0.39, 0.29) is 24.0 Å². The summed E-state index contributed by atoms with van der Waals surface area (Å²) in [6.07, 6.45) is 0. The molecule has 0 aliphatic heterocycles. The van der Waals surface area contributed by atoms with Crippen molar-refractivity contribution in [1.82, 2.24) is 25.4 Å². The highest BCUT2D eigenvalue weighted by Gasteiger charge is 2.04. The predicted octanol–water partition coefficient (Wildman–Crippen LogP) is 2.59. The number of nitrogens with one attached hydrogen (secondary N) is 2. The van der Waals surface area contributed by atoms with Crippen molar-refractivity contribution in [2.45, 2.75) is 25.3 Å². The van der Waals surface area contributed by atoms with Crippen molar-refractivity contribution in [2.24, 2.45) is 12.0 Å². The van der Waals surface area contributed by atoms with Gasteiger partial charge in [0.25, 0.3) is 0 Å². The lowest BCUT2D eigenvalue weighted by atomic mass is 10.4. The number of rotatable bonds is 7. The minimum absolute atomic E-state index is 0. The van der Waals surface area contributed by atoms with Crippen molar-refractivity contribution in [3.8, 4) is 0 Å². The highest BCUT2D eigenvalue weighted by atomic mass is 127. The van der Waals surface area contributed by atoms with E-state index in [0.717, 1.165) is 36.5 Å². The zero-order valence-corrected chi connectivity index (χ0v) is 17.5. The predicted molar refractivity (Wildman–Crippen MR) is 111 cm³/mol.